The van der Waals surface area contributed by atoms with Gasteiger partial charge >= 0.3 is 0 Å². The number of sulfonamides is 1. The van der Waals surface area contributed by atoms with Crippen LogP contribution in [0.2, 0.25) is 0 Å². The molecule has 1 amide bonds. The minimum absolute atomic E-state index is 0.119. The molecule has 3 aromatic carbocycles. The Morgan fingerprint density at radius 1 is 1.00 bits per heavy atom. The molecule has 1 heterocycles. The van der Waals surface area contributed by atoms with E-state index in [9.17, 15) is 13.2 Å². The van der Waals surface area contributed by atoms with Crippen LogP contribution in [0.5, 0.6) is 0 Å². The van der Waals surface area contributed by atoms with E-state index >= 15 is 0 Å². The van der Waals surface area contributed by atoms with Crippen LogP contribution in [-0.4, -0.2) is 39.7 Å². The van der Waals surface area contributed by atoms with Gasteiger partial charge in [-0.3, -0.25) is 9.10 Å². The third-order valence-corrected chi connectivity index (χ3v) is 7.95. The molecular weight excluding hydrogens is 470 g/mol. The highest BCUT2D eigenvalue weighted by Gasteiger charge is 2.25. The minimum atomic E-state index is -3.48. The van der Waals surface area contributed by atoms with Crippen LogP contribution in [0.1, 0.15) is 46.0 Å². The Labute approximate surface area is 215 Å². The molecule has 0 unspecified atom stereocenters. The average Bonchev–Trinajstić information content (AvgIpc) is 3.15. The second kappa shape index (κ2) is 10.7. The number of aryl methyl sites for hydroxylation is 2. The molecule has 1 aliphatic rings. The van der Waals surface area contributed by atoms with E-state index in [0.717, 1.165) is 36.1 Å². The monoisotopic (exact) mass is 505 g/mol. The molecule has 1 atom stereocenters. The fraction of sp³-hybridized carbons (Fsp3) is 0.345. The molecule has 0 saturated carbocycles. The fourth-order valence-electron chi connectivity index (χ4n) is 5.01. The molecular formula is C29H35N3O3S. The number of carbonyl (C=O) groups excluding carboxylic acids is 1. The number of rotatable bonds is 9. The van der Waals surface area contributed by atoms with Gasteiger partial charge in [0.2, 0.25) is 10.0 Å². The van der Waals surface area contributed by atoms with Crippen molar-refractivity contribution in [2.45, 2.75) is 46.2 Å². The minimum Gasteiger partial charge on any atom is -0.368 e. The van der Waals surface area contributed by atoms with Gasteiger partial charge in [-0.25, -0.2) is 8.42 Å². The number of fused-ring (bicyclic) bond motifs is 1. The Bertz CT molecular complexity index is 1320. The summed E-state index contributed by atoms with van der Waals surface area (Å²) >= 11 is 0. The molecule has 4 rings (SSSR count). The van der Waals surface area contributed by atoms with Crippen LogP contribution in [0.4, 0.5) is 11.4 Å². The van der Waals surface area contributed by atoms with Crippen LogP contribution in [0.15, 0.2) is 66.7 Å². The van der Waals surface area contributed by atoms with E-state index in [0.29, 0.717) is 23.8 Å². The van der Waals surface area contributed by atoms with Crippen LogP contribution < -0.4 is 14.5 Å². The Balaban J connectivity index is 1.34. The Hall–Kier alpha value is -3.32. The van der Waals surface area contributed by atoms with E-state index in [4.69, 9.17) is 0 Å². The topological polar surface area (TPSA) is 69.7 Å². The molecule has 36 heavy (non-hydrogen) atoms. The largest absolute Gasteiger partial charge is 0.368 e. The summed E-state index contributed by atoms with van der Waals surface area (Å²) in [6, 6.07) is 21.9. The van der Waals surface area contributed by atoms with E-state index in [-0.39, 0.29) is 12.5 Å². The molecule has 0 fully saturated rings. The van der Waals surface area contributed by atoms with E-state index in [1.165, 1.54) is 21.8 Å². The van der Waals surface area contributed by atoms with Gasteiger partial charge in [0.15, 0.2) is 0 Å². The Morgan fingerprint density at radius 3 is 2.33 bits per heavy atom. The maximum absolute atomic E-state index is 12.7. The standard InChI is InChI=1S/C29H35N3O3S/c1-21-9-7-10-22(2)28(21)32(36(4,34)35)20-24-13-15-25(16-14-24)29(33)30-17-8-18-31-23(3)19-26-11-5-6-12-27(26)31/h5-7,9-16,23H,8,17-20H2,1-4H3,(H,30,33)/t23-/m0/s1. The third-order valence-electron chi connectivity index (χ3n) is 6.84. The van der Waals surface area contributed by atoms with Gasteiger partial charge in [0, 0.05) is 30.4 Å². The van der Waals surface area contributed by atoms with Crippen LogP contribution in [0.3, 0.4) is 0 Å². The molecule has 0 aromatic heterocycles. The molecule has 0 bridgehead atoms. The van der Waals surface area contributed by atoms with Crippen molar-refractivity contribution >= 4 is 27.3 Å². The quantitative estimate of drug-likeness (QED) is 0.423. The van der Waals surface area contributed by atoms with Crippen molar-refractivity contribution in [3.63, 3.8) is 0 Å². The lowest BCUT2D eigenvalue weighted by molar-refractivity contribution is 0.0953. The molecule has 0 radical (unpaired) electrons. The Kier molecular flexibility index (Phi) is 7.69. The highest BCUT2D eigenvalue weighted by atomic mass is 32.2. The van der Waals surface area contributed by atoms with Crippen LogP contribution in [0, 0.1) is 13.8 Å². The van der Waals surface area contributed by atoms with Crippen LogP contribution in [0.25, 0.3) is 0 Å². The summed E-state index contributed by atoms with van der Waals surface area (Å²) in [4.78, 5) is 15.1. The van der Waals surface area contributed by atoms with Gasteiger partial charge in [-0.1, -0.05) is 48.5 Å². The number of nitrogens with zero attached hydrogens (tertiary/aromatic N) is 2. The van der Waals surface area contributed by atoms with Crippen molar-refractivity contribution in [2.75, 3.05) is 28.6 Å². The van der Waals surface area contributed by atoms with Crippen molar-refractivity contribution in [3.05, 3.63) is 94.5 Å². The highest BCUT2D eigenvalue weighted by Crippen LogP contribution is 2.31. The second-order valence-corrected chi connectivity index (χ2v) is 11.6. The second-order valence-electron chi connectivity index (χ2n) is 9.69. The first-order valence-corrected chi connectivity index (χ1v) is 14.3. The van der Waals surface area contributed by atoms with Crippen molar-refractivity contribution in [3.8, 4) is 0 Å². The smallest absolute Gasteiger partial charge is 0.251 e. The van der Waals surface area contributed by atoms with Crippen molar-refractivity contribution < 1.29 is 13.2 Å². The van der Waals surface area contributed by atoms with Gasteiger partial charge < -0.3 is 10.2 Å². The summed E-state index contributed by atoms with van der Waals surface area (Å²) in [7, 11) is -3.48. The SMILES string of the molecule is Cc1cccc(C)c1N(Cc1ccc(C(=O)NCCCN2c3ccccc3C[C@@H]2C)cc1)S(C)(=O)=O. The highest BCUT2D eigenvalue weighted by molar-refractivity contribution is 7.92. The summed E-state index contributed by atoms with van der Waals surface area (Å²) in [5, 5.41) is 3.02. The zero-order valence-electron chi connectivity index (χ0n) is 21.5. The predicted molar refractivity (Wildman–Crippen MR) is 147 cm³/mol. The van der Waals surface area contributed by atoms with Gasteiger partial charge in [-0.15, -0.1) is 0 Å². The van der Waals surface area contributed by atoms with Gasteiger partial charge in [0.25, 0.3) is 5.91 Å². The summed E-state index contributed by atoms with van der Waals surface area (Å²) in [6.45, 7) is 7.78. The molecule has 3 aromatic rings. The van der Waals surface area contributed by atoms with E-state index in [1.807, 2.05) is 44.2 Å². The van der Waals surface area contributed by atoms with Gasteiger partial charge in [0.05, 0.1) is 18.5 Å². The van der Waals surface area contributed by atoms with Crippen molar-refractivity contribution in [1.82, 2.24) is 5.32 Å². The molecule has 6 nitrogen and oxygen atoms in total. The lowest BCUT2D eigenvalue weighted by atomic mass is 10.1. The summed E-state index contributed by atoms with van der Waals surface area (Å²) in [5.74, 6) is -0.119. The first-order valence-electron chi connectivity index (χ1n) is 12.4. The van der Waals surface area contributed by atoms with Gasteiger partial charge in [0.1, 0.15) is 0 Å². The zero-order valence-corrected chi connectivity index (χ0v) is 22.3. The van der Waals surface area contributed by atoms with Crippen LogP contribution >= 0.6 is 0 Å². The predicted octanol–water partition coefficient (Wildman–Crippen LogP) is 4.84. The van der Waals surface area contributed by atoms with E-state index < -0.39 is 10.0 Å². The van der Waals surface area contributed by atoms with Gasteiger partial charge in [-0.05, 0) is 74.1 Å². The Morgan fingerprint density at radius 2 is 1.67 bits per heavy atom. The molecule has 0 aliphatic carbocycles. The lowest BCUT2D eigenvalue weighted by Crippen LogP contribution is -2.33. The fourth-order valence-corrected chi connectivity index (χ4v) is 6.02. The summed E-state index contributed by atoms with van der Waals surface area (Å²) in [5.41, 5.74) is 6.60. The third kappa shape index (κ3) is 5.73. The normalized spacial score (nSPS) is 15.0. The number of anilines is 2. The summed E-state index contributed by atoms with van der Waals surface area (Å²) < 4.78 is 26.6. The number of hydrogen-bond donors (Lipinski definition) is 1. The molecule has 0 spiro atoms. The van der Waals surface area contributed by atoms with Crippen LogP contribution in [-0.2, 0) is 23.0 Å². The maximum Gasteiger partial charge on any atom is 0.251 e. The number of carbonyl (C=O) groups is 1. The van der Waals surface area contributed by atoms with E-state index in [2.05, 4.69) is 41.4 Å². The molecule has 1 aliphatic heterocycles. The number of para-hydroxylation sites is 2. The molecule has 1 N–H and O–H groups in total. The average molecular weight is 506 g/mol. The summed E-state index contributed by atoms with van der Waals surface area (Å²) in [6.07, 6.45) is 3.15. The zero-order chi connectivity index (χ0) is 25.9. The molecule has 190 valence electrons. The molecule has 0 saturated heterocycles. The van der Waals surface area contributed by atoms with Gasteiger partial charge in [-0.2, -0.15) is 0 Å². The first-order chi connectivity index (χ1) is 17.1. The molecule has 7 heteroatoms. The van der Waals surface area contributed by atoms with Crippen molar-refractivity contribution in [2.24, 2.45) is 0 Å². The lowest BCUT2D eigenvalue weighted by Gasteiger charge is -2.26. The number of hydrogen-bond acceptors (Lipinski definition) is 4. The van der Waals surface area contributed by atoms with Crippen molar-refractivity contribution in [1.29, 1.82) is 0 Å². The van der Waals surface area contributed by atoms with E-state index in [1.54, 1.807) is 12.1 Å². The number of amides is 1. The maximum atomic E-state index is 12.7. The number of nitrogens with one attached hydrogen (secondary N) is 1. The first kappa shape index (κ1) is 25.8. The number of benzene rings is 3.